The van der Waals surface area contributed by atoms with E-state index in [2.05, 4.69) is 5.32 Å². The minimum Gasteiger partial charge on any atom is -0.305 e. The summed E-state index contributed by atoms with van der Waals surface area (Å²) in [5.74, 6) is 0.168. The second-order valence-corrected chi connectivity index (χ2v) is 5.21. The van der Waals surface area contributed by atoms with E-state index in [0.717, 1.165) is 17.1 Å². The highest BCUT2D eigenvalue weighted by molar-refractivity contribution is 6.30. The molecule has 0 aromatic heterocycles. The first-order valence-corrected chi connectivity index (χ1v) is 6.72. The van der Waals surface area contributed by atoms with Crippen molar-refractivity contribution in [3.63, 3.8) is 0 Å². The number of ketones is 1. The molecule has 3 heteroatoms. The zero-order chi connectivity index (χ0) is 13.2. The maximum Gasteiger partial charge on any atom is 0.164 e. The summed E-state index contributed by atoms with van der Waals surface area (Å²) in [7, 11) is 0. The molecule has 19 heavy (non-hydrogen) atoms. The third kappa shape index (κ3) is 2.55. The van der Waals surface area contributed by atoms with Crippen LogP contribution in [0.25, 0.3) is 0 Å². The summed E-state index contributed by atoms with van der Waals surface area (Å²) in [6, 6.07) is 15.4. The molecule has 1 atom stereocenters. The van der Waals surface area contributed by atoms with Crippen molar-refractivity contribution in [3.05, 3.63) is 70.2 Å². The Morgan fingerprint density at radius 1 is 1.21 bits per heavy atom. The van der Waals surface area contributed by atoms with E-state index in [1.54, 1.807) is 0 Å². The Kier molecular flexibility index (Phi) is 3.36. The van der Waals surface area contributed by atoms with Crippen molar-refractivity contribution in [2.24, 2.45) is 0 Å². The molecule has 96 valence electrons. The topological polar surface area (TPSA) is 29.1 Å². The van der Waals surface area contributed by atoms with E-state index in [1.165, 1.54) is 11.1 Å². The molecule has 0 saturated carbocycles. The Hall–Kier alpha value is -1.64. The predicted molar refractivity (Wildman–Crippen MR) is 76.4 cm³/mol. The van der Waals surface area contributed by atoms with E-state index in [-0.39, 0.29) is 11.8 Å². The van der Waals surface area contributed by atoms with Gasteiger partial charge in [-0.15, -0.1) is 0 Å². The van der Waals surface area contributed by atoms with Crippen LogP contribution in [0.1, 0.15) is 33.9 Å². The van der Waals surface area contributed by atoms with Crippen LogP contribution in [0.5, 0.6) is 0 Å². The lowest BCUT2D eigenvalue weighted by Crippen LogP contribution is -2.16. The van der Waals surface area contributed by atoms with Crippen LogP contribution in [0.3, 0.4) is 0 Å². The third-order valence-corrected chi connectivity index (χ3v) is 3.74. The SMILES string of the molecule is O=C(CC1NCc2cc(Cl)ccc21)c1ccccc1. The van der Waals surface area contributed by atoms with E-state index < -0.39 is 0 Å². The summed E-state index contributed by atoms with van der Waals surface area (Å²) in [6.45, 7) is 0.780. The summed E-state index contributed by atoms with van der Waals surface area (Å²) < 4.78 is 0. The molecule has 2 aromatic rings. The largest absolute Gasteiger partial charge is 0.305 e. The van der Waals surface area contributed by atoms with Crippen molar-refractivity contribution >= 4 is 17.4 Å². The molecule has 1 aliphatic rings. The summed E-state index contributed by atoms with van der Waals surface area (Å²) >= 11 is 5.98. The van der Waals surface area contributed by atoms with Gasteiger partial charge in [-0.05, 0) is 23.3 Å². The van der Waals surface area contributed by atoms with Crippen LogP contribution in [-0.4, -0.2) is 5.78 Å². The highest BCUT2D eigenvalue weighted by atomic mass is 35.5. The molecule has 0 bridgehead atoms. The van der Waals surface area contributed by atoms with Crippen LogP contribution in [0.15, 0.2) is 48.5 Å². The third-order valence-electron chi connectivity index (χ3n) is 3.50. The van der Waals surface area contributed by atoms with Crippen molar-refractivity contribution in [1.29, 1.82) is 0 Å². The van der Waals surface area contributed by atoms with Gasteiger partial charge in [0.15, 0.2) is 5.78 Å². The van der Waals surface area contributed by atoms with Crippen LogP contribution < -0.4 is 5.32 Å². The molecule has 1 heterocycles. The lowest BCUT2D eigenvalue weighted by Gasteiger charge is -2.11. The molecule has 0 aliphatic carbocycles. The highest BCUT2D eigenvalue weighted by Gasteiger charge is 2.24. The molecule has 0 fully saturated rings. The number of fused-ring (bicyclic) bond motifs is 1. The van der Waals surface area contributed by atoms with Gasteiger partial charge in [0.05, 0.1) is 0 Å². The van der Waals surface area contributed by atoms with E-state index in [9.17, 15) is 4.79 Å². The van der Waals surface area contributed by atoms with Gasteiger partial charge in [-0.3, -0.25) is 4.79 Å². The molecule has 2 nitrogen and oxygen atoms in total. The van der Waals surface area contributed by atoms with Gasteiger partial charge in [-0.2, -0.15) is 0 Å². The molecule has 2 aromatic carbocycles. The van der Waals surface area contributed by atoms with Gasteiger partial charge >= 0.3 is 0 Å². The lowest BCUT2D eigenvalue weighted by molar-refractivity contribution is 0.0970. The number of benzene rings is 2. The number of carbonyl (C=O) groups is 1. The van der Waals surface area contributed by atoms with Gasteiger partial charge in [0.1, 0.15) is 0 Å². The Bertz CT molecular complexity index is 609. The Labute approximate surface area is 117 Å². The first kappa shape index (κ1) is 12.4. The maximum absolute atomic E-state index is 12.2. The number of carbonyl (C=O) groups excluding carboxylic acids is 1. The molecule has 0 saturated heterocycles. The van der Waals surface area contributed by atoms with Gasteiger partial charge in [0.2, 0.25) is 0 Å². The lowest BCUT2D eigenvalue weighted by atomic mass is 9.98. The fourth-order valence-corrected chi connectivity index (χ4v) is 2.71. The second kappa shape index (κ2) is 5.16. The number of rotatable bonds is 3. The molecule has 1 unspecified atom stereocenters. The first-order valence-electron chi connectivity index (χ1n) is 6.34. The zero-order valence-electron chi connectivity index (χ0n) is 10.4. The smallest absolute Gasteiger partial charge is 0.164 e. The van der Waals surface area contributed by atoms with Crippen LogP contribution in [-0.2, 0) is 6.54 Å². The van der Waals surface area contributed by atoms with Crippen molar-refractivity contribution in [3.8, 4) is 0 Å². The summed E-state index contributed by atoms with van der Waals surface area (Å²) in [4.78, 5) is 12.2. The average Bonchev–Trinajstić information content (AvgIpc) is 2.82. The van der Waals surface area contributed by atoms with Gasteiger partial charge < -0.3 is 5.32 Å². The second-order valence-electron chi connectivity index (χ2n) is 4.77. The van der Waals surface area contributed by atoms with E-state index in [1.807, 2.05) is 48.5 Å². The average molecular weight is 272 g/mol. The molecule has 0 amide bonds. The fraction of sp³-hybridized carbons (Fsp3) is 0.188. The van der Waals surface area contributed by atoms with Crippen molar-refractivity contribution in [2.45, 2.75) is 19.0 Å². The number of hydrogen-bond acceptors (Lipinski definition) is 2. The number of hydrogen-bond donors (Lipinski definition) is 1. The van der Waals surface area contributed by atoms with E-state index >= 15 is 0 Å². The van der Waals surface area contributed by atoms with E-state index in [4.69, 9.17) is 11.6 Å². The van der Waals surface area contributed by atoms with Crippen molar-refractivity contribution < 1.29 is 4.79 Å². The molecule has 0 spiro atoms. The van der Waals surface area contributed by atoms with Gasteiger partial charge in [-0.1, -0.05) is 48.0 Å². The Balaban J connectivity index is 1.78. The van der Waals surface area contributed by atoms with E-state index in [0.29, 0.717) is 6.42 Å². The Morgan fingerprint density at radius 3 is 2.79 bits per heavy atom. The maximum atomic E-state index is 12.2. The summed E-state index contributed by atoms with van der Waals surface area (Å²) in [5.41, 5.74) is 3.15. The number of Topliss-reactive ketones (excluding diaryl/α,β-unsaturated/α-hetero) is 1. The minimum absolute atomic E-state index is 0.0972. The quantitative estimate of drug-likeness (QED) is 0.862. The highest BCUT2D eigenvalue weighted by Crippen LogP contribution is 2.30. The molecule has 0 radical (unpaired) electrons. The number of nitrogens with one attached hydrogen (secondary N) is 1. The Morgan fingerprint density at radius 2 is 2.00 bits per heavy atom. The summed E-state index contributed by atoms with van der Waals surface area (Å²) in [5, 5.41) is 4.12. The van der Waals surface area contributed by atoms with Gasteiger partial charge in [0, 0.05) is 29.6 Å². The van der Waals surface area contributed by atoms with Gasteiger partial charge in [0.25, 0.3) is 0 Å². The van der Waals surface area contributed by atoms with Crippen molar-refractivity contribution in [1.82, 2.24) is 5.32 Å². The van der Waals surface area contributed by atoms with Crippen LogP contribution in [0, 0.1) is 0 Å². The van der Waals surface area contributed by atoms with Gasteiger partial charge in [-0.25, -0.2) is 0 Å². The predicted octanol–water partition coefficient (Wildman–Crippen LogP) is 3.76. The minimum atomic E-state index is 0.0972. The normalized spacial score (nSPS) is 17.2. The van der Waals surface area contributed by atoms with Crippen molar-refractivity contribution in [2.75, 3.05) is 0 Å². The molecular weight excluding hydrogens is 258 g/mol. The number of halogens is 1. The molecular formula is C16H14ClNO. The molecule has 1 N–H and O–H groups in total. The zero-order valence-corrected chi connectivity index (χ0v) is 11.2. The molecule has 3 rings (SSSR count). The standard InChI is InChI=1S/C16H14ClNO/c17-13-6-7-14-12(8-13)10-18-15(14)9-16(19)11-4-2-1-3-5-11/h1-8,15,18H,9-10H2. The van der Waals surface area contributed by atoms with Crippen LogP contribution >= 0.6 is 11.6 Å². The summed E-state index contributed by atoms with van der Waals surface area (Å²) in [6.07, 6.45) is 0.485. The van der Waals surface area contributed by atoms with Crippen LogP contribution in [0.4, 0.5) is 0 Å². The first-order chi connectivity index (χ1) is 9.24. The van der Waals surface area contributed by atoms with Crippen LogP contribution in [0.2, 0.25) is 5.02 Å². The fourth-order valence-electron chi connectivity index (χ4n) is 2.52. The molecule has 1 aliphatic heterocycles. The monoisotopic (exact) mass is 271 g/mol.